The summed E-state index contributed by atoms with van der Waals surface area (Å²) in [5.41, 5.74) is 7.49. The zero-order valence-electron chi connectivity index (χ0n) is 12.6. The SMILES string of the molecule is CNC(=O)c1nccc(CCOc2cccc(N)c2)c1OC. The van der Waals surface area contributed by atoms with Crippen molar-refractivity contribution in [2.45, 2.75) is 6.42 Å². The Hall–Kier alpha value is -2.76. The second kappa shape index (κ2) is 7.31. The number of carbonyl (C=O) groups is 1. The summed E-state index contributed by atoms with van der Waals surface area (Å²) < 4.78 is 11.0. The van der Waals surface area contributed by atoms with Gasteiger partial charge in [-0.15, -0.1) is 0 Å². The van der Waals surface area contributed by atoms with Crippen LogP contribution in [0.15, 0.2) is 36.5 Å². The third-order valence-corrected chi connectivity index (χ3v) is 3.13. The monoisotopic (exact) mass is 301 g/mol. The fraction of sp³-hybridized carbons (Fsp3) is 0.250. The Bertz CT molecular complexity index is 659. The first-order chi connectivity index (χ1) is 10.7. The third kappa shape index (κ3) is 3.66. The number of ether oxygens (including phenoxy) is 2. The highest BCUT2D eigenvalue weighted by atomic mass is 16.5. The van der Waals surface area contributed by atoms with E-state index in [1.54, 1.807) is 25.4 Å². The molecular formula is C16H19N3O3. The highest BCUT2D eigenvalue weighted by molar-refractivity contribution is 5.95. The Morgan fingerprint density at radius 3 is 2.86 bits per heavy atom. The Labute approximate surface area is 129 Å². The lowest BCUT2D eigenvalue weighted by atomic mass is 10.1. The average molecular weight is 301 g/mol. The first kappa shape index (κ1) is 15.6. The molecule has 1 amide bonds. The van der Waals surface area contributed by atoms with Crippen LogP contribution in [0.1, 0.15) is 16.1 Å². The van der Waals surface area contributed by atoms with E-state index in [0.717, 1.165) is 5.56 Å². The van der Waals surface area contributed by atoms with Crippen LogP contribution < -0.4 is 20.5 Å². The summed E-state index contributed by atoms with van der Waals surface area (Å²) in [6, 6.07) is 9.06. The Morgan fingerprint density at radius 2 is 2.18 bits per heavy atom. The number of hydrogen-bond donors (Lipinski definition) is 2. The Balaban J connectivity index is 2.08. The molecule has 22 heavy (non-hydrogen) atoms. The largest absolute Gasteiger partial charge is 0.494 e. The number of rotatable bonds is 6. The standard InChI is InChI=1S/C16H19N3O3/c1-18-16(20)14-15(21-2)11(6-8-19-14)7-9-22-13-5-3-4-12(17)10-13/h3-6,8,10H,7,9,17H2,1-2H3,(H,18,20). The van der Waals surface area contributed by atoms with E-state index in [4.69, 9.17) is 15.2 Å². The number of hydrogen-bond acceptors (Lipinski definition) is 5. The first-order valence-electron chi connectivity index (χ1n) is 6.88. The second-order valence-electron chi connectivity index (χ2n) is 4.60. The lowest BCUT2D eigenvalue weighted by Crippen LogP contribution is -2.21. The summed E-state index contributed by atoms with van der Waals surface area (Å²) in [5.74, 6) is 0.896. The Morgan fingerprint density at radius 1 is 1.36 bits per heavy atom. The number of amides is 1. The molecule has 0 fully saturated rings. The smallest absolute Gasteiger partial charge is 0.273 e. The van der Waals surface area contributed by atoms with Gasteiger partial charge >= 0.3 is 0 Å². The maximum atomic E-state index is 11.8. The van der Waals surface area contributed by atoms with Crippen molar-refractivity contribution in [3.8, 4) is 11.5 Å². The van der Waals surface area contributed by atoms with Crippen LogP contribution in [0.5, 0.6) is 11.5 Å². The highest BCUT2D eigenvalue weighted by Gasteiger charge is 2.16. The van der Waals surface area contributed by atoms with Crippen molar-refractivity contribution in [2.75, 3.05) is 26.5 Å². The molecule has 0 aliphatic carbocycles. The lowest BCUT2D eigenvalue weighted by Gasteiger charge is -2.12. The van der Waals surface area contributed by atoms with Gasteiger partial charge in [-0.1, -0.05) is 6.07 Å². The number of anilines is 1. The number of nitrogens with zero attached hydrogens (tertiary/aromatic N) is 1. The van der Waals surface area contributed by atoms with Crippen LogP contribution in [0.2, 0.25) is 0 Å². The molecule has 0 saturated heterocycles. The predicted octanol–water partition coefficient (Wildman–Crippen LogP) is 1.65. The number of nitrogens with two attached hydrogens (primary N) is 1. The van der Waals surface area contributed by atoms with Crippen molar-refractivity contribution in [3.05, 3.63) is 47.8 Å². The second-order valence-corrected chi connectivity index (χ2v) is 4.60. The van der Waals surface area contributed by atoms with Crippen LogP contribution >= 0.6 is 0 Å². The molecule has 0 bridgehead atoms. The van der Waals surface area contributed by atoms with E-state index >= 15 is 0 Å². The molecule has 2 aromatic rings. The molecule has 6 heteroatoms. The molecule has 6 nitrogen and oxygen atoms in total. The summed E-state index contributed by atoms with van der Waals surface area (Å²) in [6.07, 6.45) is 2.17. The van der Waals surface area contributed by atoms with E-state index < -0.39 is 0 Å². The minimum absolute atomic E-state index is 0.270. The normalized spacial score (nSPS) is 10.1. The predicted molar refractivity (Wildman–Crippen MR) is 84.2 cm³/mol. The minimum atomic E-state index is -0.282. The molecule has 1 heterocycles. The number of benzene rings is 1. The molecule has 0 saturated carbocycles. The molecule has 0 aliphatic rings. The van der Waals surface area contributed by atoms with Crippen molar-refractivity contribution < 1.29 is 14.3 Å². The number of methoxy groups -OCH3 is 1. The molecule has 0 atom stereocenters. The third-order valence-electron chi connectivity index (χ3n) is 3.13. The van der Waals surface area contributed by atoms with Gasteiger partial charge in [-0.3, -0.25) is 4.79 Å². The van der Waals surface area contributed by atoms with Gasteiger partial charge in [-0.25, -0.2) is 4.98 Å². The van der Waals surface area contributed by atoms with Gasteiger partial charge in [-0.05, 0) is 18.2 Å². The van der Waals surface area contributed by atoms with Crippen LogP contribution in [0.3, 0.4) is 0 Å². The molecule has 0 radical (unpaired) electrons. The van der Waals surface area contributed by atoms with Crippen LogP contribution in [0, 0.1) is 0 Å². The number of aromatic nitrogens is 1. The molecule has 2 rings (SSSR count). The van der Waals surface area contributed by atoms with Gasteiger partial charge in [-0.2, -0.15) is 0 Å². The molecular weight excluding hydrogens is 282 g/mol. The van der Waals surface area contributed by atoms with Crippen LogP contribution in [0.4, 0.5) is 5.69 Å². The van der Waals surface area contributed by atoms with Gasteiger partial charge in [0.1, 0.15) is 5.75 Å². The van der Waals surface area contributed by atoms with Crippen molar-refractivity contribution in [1.82, 2.24) is 10.3 Å². The van der Waals surface area contributed by atoms with E-state index in [-0.39, 0.29) is 11.6 Å². The fourth-order valence-corrected chi connectivity index (χ4v) is 2.08. The van der Waals surface area contributed by atoms with Crippen LogP contribution in [-0.4, -0.2) is 31.7 Å². The summed E-state index contributed by atoms with van der Waals surface area (Å²) in [7, 11) is 3.07. The molecule has 0 unspecified atom stereocenters. The van der Waals surface area contributed by atoms with Crippen LogP contribution in [-0.2, 0) is 6.42 Å². The van der Waals surface area contributed by atoms with E-state index in [0.29, 0.717) is 30.2 Å². The number of nitrogens with one attached hydrogen (secondary N) is 1. The quantitative estimate of drug-likeness (QED) is 0.792. The zero-order valence-corrected chi connectivity index (χ0v) is 12.6. The van der Waals surface area contributed by atoms with Crippen molar-refractivity contribution in [1.29, 1.82) is 0 Å². The van der Waals surface area contributed by atoms with Gasteiger partial charge in [0.15, 0.2) is 11.4 Å². The summed E-state index contributed by atoms with van der Waals surface area (Å²) >= 11 is 0. The molecule has 0 spiro atoms. The van der Waals surface area contributed by atoms with E-state index in [9.17, 15) is 4.79 Å². The maximum absolute atomic E-state index is 11.8. The fourth-order valence-electron chi connectivity index (χ4n) is 2.08. The molecule has 3 N–H and O–H groups in total. The van der Waals surface area contributed by atoms with E-state index in [1.807, 2.05) is 18.2 Å². The molecule has 1 aromatic carbocycles. The zero-order chi connectivity index (χ0) is 15.9. The Kier molecular flexibility index (Phi) is 5.19. The van der Waals surface area contributed by atoms with Crippen molar-refractivity contribution in [3.63, 3.8) is 0 Å². The van der Waals surface area contributed by atoms with Gasteiger partial charge in [0.05, 0.1) is 13.7 Å². The highest BCUT2D eigenvalue weighted by Crippen LogP contribution is 2.23. The molecule has 0 aliphatic heterocycles. The average Bonchev–Trinajstić information content (AvgIpc) is 2.54. The minimum Gasteiger partial charge on any atom is -0.494 e. The molecule has 1 aromatic heterocycles. The number of nitrogen functional groups attached to an aromatic ring is 1. The lowest BCUT2D eigenvalue weighted by molar-refractivity contribution is 0.0954. The van der Waals surface area contributed by atoms with Crippen LogP contribution in [0.25, 0.3) is 0 Å². The first-order valence-corrected chi connectivity index (χ1v) is 6.88. The molecule has 116 valence electrons. The maximum Gasteiger partial charge on any atom is 0.273 e. The summed E-state index contributed by atoms with van der Waals surface area (Å²) in [6.45, 7) is 0.441. The van der Waals surface area contributed by atoms with Gasteiger partial charge in [0.2, 0.25) is 0 Å². The topological polar surface area (TPSA) is 86.5 Å². The van der Waals surface area contributed by atoms with Crippen molar-refractivity contribution >= 4 is 11.6 Å². The van der Waals surface area contributed by atoms with Crippen molar-refractivity contribution in [2.24, 2.45) is 0 Å². The summed E-state index contributed by atoms with van der Waals surface area (Å²) in [5, 5.41) is 2.54. The summed E-state index contributed by atoms with van der Waals surface area (Å²) in [4.78, 5) is 15.8. The van der Waals surface area contributed by atoms with Gasteiger partial charge in [0.25, 0.3) is 5.91 Å². The van der Waals surface area contributed by atoms with E-state index in [1.165, 1.54) is 7.11 Å². The van der Waals surface area contributed by atoms with E-state index in [2.05, 4.69) is 10.3 Å². The van der Waals surface area contributed by atoms with Gasteiger partial charge in [0, 0.05) is 37.0 Å². The number of carbonyl (C=O) groups excluding carboxylic acids is 1. The van der Waals surface area contributed by atoms with Gasteiger partial charge < -0.3 is 20.5 Å². The number of pyridine rings is 1.